The molecule has 0 saturated carbocycles. The van der Waals surface area contributed by atoms with Crippen LogP contribution in [0.4, 0.5) is 0 Å². The number of carbonyl (C=O) groups is 2. The van der Waals surface area contributed by atoms with Gasteiger partial charge >= 0.3 is 0 Å². The fraction of sp³-hybridized carbons (Fsp3) is 0.200. The molecule has 4 rings (SSSR count). The lowest BCUT2D eigenvalue weighted by atomic mass is 10.1. The van der Waals surface area contributed by atoms with E-state index in [-0.39, 0.29) is 18.4 Å². The SMILES string of the molecule is CCCOc1ccc(C2=C(SCc3ccco3)C(=O)N(Cc3ccccc3)C2=O)cc1. The van der Waals surface area contributed by atoms with Gasteiger partial charge in [0, 0.05) is 0 Å². The Kier molecular flexibility index (Phi) is 6.57. The lowest BCUT2D eigenvalue weighted by Gasteiger charge is -2.15. The number of carbonyl (C=O) groups excluding carboxylic acids is 2. The van der Waals surface area contributed by atoms with Gasteiger partial charge in [-0.2, -0.15) is 0 Å². The van der Waals surface area contributed by atoms with Gasteiger partial charge in [-0.3, -0.25) is 14.5 Å². The maximum atomic E-state index is 13.3. The van der Waals surface area contributed by atoms with Crippen molar-refractivity contribution in [2.24, 2.45) is 0 Å². The van der Waals surface area contributed by atoms with E-state index in [1.54, 1.807) is 6.26 Å². The van der Waals surface area contributed by atoms with Gasteiger partial charge in [-0.05, 0) is 41.8 Å². The minimum Gasteiger partial charge on any atom is -0.494 e. The van der Waals surface area contributed by atoms with Gasteiger partial charge in [0.15, 0.2) is 0 Å². The Morgan fingerprint density at radius 3 is 2.39 bits per heavy atom. The Bertz CT molecular complexity index is 1070. The van der Waals surface area contributed by atoms with E-state index in [4.69, 9.17) is 9.15 Å². The van der Waals surface area contributed by atoms with Gasteiger partial charge in [-0.25, -0.2) is 0 Å². The highest BCUT2D eigenvalue weighted by Gasteiger charge is 2.39. The topological polar surface area (TPSA) is 59.8 Å². The highest BCUT2D eigenvalue weighted by atomic mass is 32.2. The molecule has 1 aliphatic rings. The molecule has 1 aliphatic heterocycles. The number of nitrogens with zero attached hydrogens (tertiary/aromatic N) is 1. The van der Waals surface area contributed by atoms with E-state index in [9.17, 15) is 9.59 Å². The minimum atomic E-state index is -0.280. The zero-order chi connectivity index (χ0) is 21.6. The summed E-state index contributed by atoms with van der Waals surface area (Å²) in [5.74, 6) is 1.42. The van der Waals surface area contributed by atoms with E-state index in [1.807, 2.05) is 73.7 Å². The third-order valence-corrected chi connectivity index (χ3v) is 5.96. The van der Waals surface area contributed by atoms with Gasteiger partial charge < -0.3 is 9.15 Å². The molecule has 0 N–H and O–H groups in total. The third-order valence-electron chi connectivity index (χ3n) is 4.86. The average molecular weight is 434 g/mol. The lowest BCUT2D eigenvalue weighted by molar-refractivity contribution is -0.137. The zero-order valence-corrected chi connectivity index (χ0v) is 18.1. The predicted molar refractivity (Wildman–Crippen MR) is 121 cm³/mol. The van der Waals surface area contributed by atoms with Gasteiger partial charge in [0.1, 0.15) is 11.5 Å². The summed E-state index contributed by atoms with van der Waals surface area (Å²) in [6, 6.07) is 20.5. The van der Waals surface area contributed by atoms with E-state index in [0.29, 0.717) is 28.4 Å². The minimum absolute atomic E-state index is 0.241. The Morgan fingerprint density at radius 1 is 0.935 bits per heavy atom. The van der Waals surface area contributed by atoms with Crippen LogP contribution >= 0.6 is 11.8 Å². The molecule has 158 valence electrons. The smallest absolute Gasteiger partial charge is 0.268 e. The molecular formula is C25H23NO4S. The van der Waals surface area contributed by atoms with Crippen LogP contribution in [0.25, 0.3) is 5.57 Å². The average Bonchev–Trinajstić information content (AvgIpc) is 3.40. The van der Waals surface area contributed by atoms with Gasteiger partial charge in [0.05, 0.1) is 35.6 Å². The highest BCUT2D eigenvalue weighted by molar-refractivity contribution is 8.03. The van der Waals surface area contributed by atoms with Crippen LogP contribution in [0.5, 0.6) is 5.75 Å². The van der Waals surface area contributed by atoms with Crippen molar-refractivity contribution in [2.75, 3.05) is 6.61 Å². The van der Waals surface area contributed by atoms with Crippen molar-refractivity contribution >= 4 is 29.1 Å². The van der Waals surface area contributed by atoms with E-state index in [0.717, 1.165) is 23.5 Å². The monoisotopic (exact) mass is 433 g/mol. The second-order valence-electron chi connectivity index (χ2n) is 7.13. The van der Waals surface area contributed by atoms with Crippen molar-refractivity contribution in [3.05, 3.63) is 94.8 Å². The van der Waals surface area contributed by atoms with Crippen LogP contribution < -0.4 is 4.74 Å². The number of hydrogen-bond donors (Lipinski definition) is 0. The molecule has 0 aliphatic carbocycles. The molecule has 0 radical (unpaired) electrons. The first-order valence-electron chi connectivity index (χ1n) is 10.2. The first-order chi connectivity index (χ1) is 15.2. The Morgan fingerprint density at radius 2 is 1.71 bits per heavy atom. The second kappa shape index (κ2) is 9.71. The molecule has 2 heterocycles. The first-order valence-corrected chi connectivity index (χ1v) is 11.2. The molecule has 0 saturated heterocycles. The van der Waals surface area contributed by atoms with Crippen LogP contribution in [-0.2, 0) is 21.9 Å². The summed E-state index contributed by atoms with van der Waals surface area (Å²) in [5.41, 5.74) is 2.04. The molecule has 2 aromatic carbocycles. The number of thioether (sulfide) groups is 1. The standard InChI is InChI=1S/C25H23NO4S/c1-2-14-29-20-12-10-19(11-13-20)22-23(31-17-21-9-6-15-30-21)25(28)26(24(22)27)16-18-7-4-3-5-8-18/h3-13,15H,2,14,16-17H2,1H3. The Hall–Kier alpha value is -3.25. The van der Waals surface area contributed by atoms with Crippen molar-refractivity contribution in [3.63, 3.8) is 0 Å². The molecule has 5 nitrogen and oxygen atoms in total. The molecule has 3 aromatic rings. The fourth-order valence-corrected chi connectivity index (χ4v) is 4.36. The van der Waals surface area contributed by atoms with Crippen LogP contribution in [0.15, 0.2) is 82.3 Å². The Labute approximate surface area is 185 Å². The lowest BCUT2D eigenvalue weighted by Crippen LogP contribution is -2.30. The molecule has 6 heteroatoms. The van der Waals surface area contributed by atoms with Crippen molar-refractivity contribution in [2.45, 2.75) is 25.6 Å². The number of amides is 2. The molecule has 0 atom stereocenters. The molecule has 0 unspecified atom stereocenters. The summed E-state index contributed by atoms with van der Waals surface area (Å²) >= 11 is 1.33. The number of ether oxygens (including phenoxy) is 1. The van der Waals surface area contributed by atoms with Crippen LogP contribution in [0.3, 0.4) is 0 Å². The summed E-state index contributed by atoms with van der Waals surface area (Å²) in [4.78, 5) is 28.3. The number of imide groups is 1. The van der Waals surface area contributed by atoms with Crippen molar-refractivity contribution in [3.8, 4) is 5.75 Å². The maximum absolute atomic E-state index is 13.3. The molecule has 0 bridgehead atoms. The van der Waals surface area contributed by atoms with Crippen molar-refractivity contribution in [1.29, 1.82) is 0 Å². The molecule has 2 amide bonds. The predicted octanol–water partition coefficient (Wildman–Crippen LogP) is 5.28. The molecular weight excluding hydrogens is 410 g/mol. The third kappa shape index (κ3) is 4.75. The number of hydrogen-bond acceptors (Lipinski definition) is 5. The quantitative estimate of drug-likeness (QED) is 0.430. The number of benzene rings is 2. The molecule has 0 spiro atoms. The number of furan rings is 1. The number of rotatable bonds is 9. The molecule has 0 fully saturated rings. The first kappa shape index (κ1) is 21.0. The van der Waals surface area contributed by atoms with E-state index in [1.165, 1.54) is 16.7 Å². The van der Waals surface area contributed by atoms with Crippen LogP contribution in [0, 0.1) is 0 Å². The van der Waals surface area contributed by atoms with Gasteiger partial charge in [0.2, 0.25) is 0 Å². The van der Waals surface area contributed by atoms with E-state index < -0.39 is 0 Å². The second-order valence-corrected chi connectivity index (χ2v) is 8.11. The summed E-state index contributed by atoms with van der Waals surface area (Å²) in [6.45, 7) is 2.92. The molecule has 1 aromatic heterocycles. The van der Waals surface area contributed by atoms with Crippen molar-refractivity contribution in [1.82, 2.24) is 4.90 Å². The van der Waals surface area contributed by atoms with Gasteiger partial charge in [0.25, 0.3) is 11.8 Å². The summed E-state index contributed by atoms with van der Waals surface area (Å²) in [7, 11) is 0. The molecule has 31 heavy (non-hydrogen) atoms. The van der Waals surface area contributed by atoms with Crippen LogP contribution in [0.2, 0.25) is 0 Å². The fourth-order valence-electron chi connectivity index (χ4n) is 3.33. The van der Waals surface area contributed by atoms with Gasteiger partial charge in [-0.1, -0.05) is 49.4 Å². The maximum Gasteiger partial charge on any atom is 0.268 e. The van der Waals surface area contributed by atoms with Crippen LogP contribution in [-0.4, -0.2) is 23.3 Å². The largest absolute Gasteiger partial charge is 0.494 e. The summed E-state index contributed by atoms with van der Waals surface area (Å²) < 4.78 is 11.1. The zero-order valence-electron chi connectivity index (χ0n) is 17.2. The summed E-state index contributed by atoms with van der Waals surface area (Å²) in [5, 5.41) is 0. The van der Waals surface area contributed by atoms with Crippen LogP contribution in [0.1, 0.15) is 30.2 Å². The normalized spacial score (nSPS) is 13.9. The summed E-state index contributed by atoms with van der Waals surface area (Å²) in [6.07, 6.45) is 2.52. The van der Waals surface area contributed by atoms with E-state index in [2.05, 4.69) is 0 Å². The van der Waals surface area contributed by atoms with E-state index >= 15 is 0 Å². The van der Waals surface area contributed by atoms with Gasteiger partial charge in [-0.15, -0.1) is 11.8 Å². The highest BCUT2D eigenvalue weighted by Crippen LogP contribution is 2.38. The van der Waals surface area contributed by atoms with Crippen molar-refractivity contribution < 1.29 is 18.7 Å². The Balaban J connectivity index is 1.63.